The Bertz CT molecular complexity index is 1250. The van der Waals surface area contributed by atoms with Crippen LogP contribution in [0.1, 0.15) is 22.7 Å². The van der Waals surface area contributed by atoms with E-state index < -0.39 is 17.7 Å². The zero-order chi connectivity index (χ0) is 25.1. The highest BCUT2D eigenvalue weighted by Crippen LogP contribution is 2.40. The van der Waals surface area contributed by atoms with Gasteiger partial charge in [-0.2, -0.15) is 0 Å². The molecule has 1 unspecified atom stereocenters. The van der Waals surface area contributed by atoms with E-state index in [0.717, 1.165) is 22.6 Å². The average molecular weight is 491 g/mol. The number of anilines is 1. The minimum atomic E-state index is -0.708. The van der Waals surface area contributed by atoms with Gasteiger partial charge in [-0.1, -0.05) is 35.9 Å². The Morgan fingerprint density at radius 1 is 0.971 bits per heavy atom. The molecule has 6 nitrogen and oxygen atoms in total. The number of ether oxygens (including phenoxy) is 1. The highest BCUT2D eigenvalue weighted by Gasteiger charge is 2.45. The van der Waals surface area contributed by atoms with Crippen molar-refractivity contribution in [3.05, 3.63) is 100 Å². The summed E-state index contributed by atoms with van der Waals surface area (Å²) in [7, 11) is 5.49. The summed E-state index contributed by atoms with van der Waals surface area (Å²) in [5, 5.41) is 11.7. The zero-order valence-electron chi connectivity index (χ0n) is 19.9. The number of nitrogens with zero attached hydrogens (tertiary/aromatic N) is 2. The molecule has 1 heterocycles. The maximum atomic E-state index is 13.2. The molecule has 0 spiro atoms. The van der Waals surface area contributed by atoms with E-state index in [0.29, 0.717) is 23.6 Å². The molecule has 4 rings (SSSR count). The summed E-state index contributed by atoms with van der Waals surface area (Å²) >= 11 is 6.00. The molecule has 1 aliphatic rings. The Balaban J connectivity index is 1.74. The molecule has 0 saturated carbocycles. The summed E-state index contributed by atoms with van der Waals surface area (Å²) in [5.41, 5.74) is 3.25. The SMILES string of the molecule is COc1ccc(CCN2C(=O)C(=O)/C(=C(\O)c3ccc(Cl)cc3)C2c2ccc(N(C)C)cc2)cc1. The van der Waals surface area contributed by atoms with E-state index in [2.05, 4.69) is 0 Å². The molecule has 3 aromatic rings. The van der Waals surface area contributed by atoms with Gasteiger partial charge < -0.3 is 19.6 Å². The van der Waals surface area contributed by atoms with Crippen LogP contribution >= 0.6 is 11.6 Å². The minimum absolute atomic E-state index is 0.0738. The van der Waals surface area contributed by atoms with Crippen molar-refractivity contribution in [2.24, 2.45) is 0 Å². The Kier molecular flexibility index (Phi) is 7.12. The molecule has 180 valence electrons. The van der Waals surface area contributed by atoms with Crippen LogP contribution in [0.5, 0.6) is 5.75 Å². The summed E-state index contributed by atoms with van der Waals surface area (Å²) in [6, 6.07) is 21.1. The quantitative estimate of drug-likeness (QED) is 0.284. The molecule has 35 heavy (non-hydrogen) atoms. The van der Waals surface area contributed by atoms with Crippen molar-refractivity contribution in [1.82, 2.24) is 4.90 Å². The summed E-state index contributed by atoms with van der Waals surface area (Å²) in [6.45, 7) is 0.314. The molecular formula is C28H27ClN2O4. The van der Waals surface area contributed by atoms with Gasteiger partial charge in [0, 0.05) is 36.9 Å². The number of benzene rings is 3. The molecular weight excluding hydrogens is 464 g/mol. The summed E-state index contributed by atoms with van der Waals surface area (Å²) < 4.78 is 5.21. The first-order chi connectivity index (χ1) is 16.8. The fraction of sp³-hybridized carbons (Fsp3) is 0.214. The molecule has 7 heteroatoms. The number of halogens is 1. The van der Waals surface area contributed by atoms with Crippen molar-refractivity contribution < 1.29 is 19.4 Å². The lowest BCUT2D eigenvalue weighted by Crippen LogP contribution is -2.31. The number of rotatable bonds is 7. The third kappa shape index (κ3) is 5.03. The largest absolute Gasteiger partial charge is 0.507 e. The van der Waals surface area contributed by atoms with Crippen molar-refractivity contribution in [3.8, 4) is 5.75 Å². The molecule has 3 aromatic carbocycles. The highest BCUT2D eigenvalue weighted by atomic mass is 35.5. The lowest BCUT2D eigenvalue weighted by Gasteiger charge is -2.26. The van der Waals surface area contributed by atoms with Gasteiger partial charge >= 0.3 is 0 Å². The van der Waals surface area contributed by atoms with Crippen molar-refractivity contribution in [1.29, 1.82) is 0 Å². The normalized spacial score (nSPS) is 17.0. The van der Waals surface area contributed by atoms with E-state index in [1.54, 1.807) is 36.3 Å². The van der Waals surface area contributed by atoms with Gasteiger partial charge in [-0.05, 0) is 66.1 Å². The van der Waals surface area contributed by atoms with Gasteiger partial charge in [0.25, 0.3) is 11.7 Å². The molecule has 1 saturated heterocycles. The second-order valence-electron chi connectivity index (χ2n) is 8.58. The number of carbonyl (C=O) groups is 2. The van der Waals surface area contributed by atoms with Crippen LogP contribution in [-0.2, 0) is 16.0 Å². The van der Waals surface area contributed by atoms with Gasteiger partial charge in [-0.25, -0.2) is 0 Å². The van der Waals surface area contributed by atoms with Crippen LogP contribution in [0.25, 0.3) is 5.76 Å². The topological polar surface area (TPSA) is 70.1 Å². The number of amides is 1. The standard InChI is InChI=1S/C28H27ClN2O4/c1-30(2)22-12-8-19(9-13-22)25-24(26(32)20-6-10-21(29)11-7-20)27(33)28(34)31(25)17-16-18-4-14-23(35-3)15-5-18/h4-15,25,32H,16-17H2,1-3H3/b26-24-. The van der Waals surface area contributed by atoms with Gasteiger partial charge in [0.2, 0.25) is 0 Å². The third-order valence-corrected chi connectivity index (χ3v) is 6.44. The second-order valence-corrected chi connectivity index (χ2v) is 9.02. The predicted octanol–water partition coefficient (Wildman–Crippen LogP) is 5.08. The average Bonchev–Trinajstić information content (AvgIpc) is 3.12. The predicted molar refractivity (Wildman–Crippen MR) is 138 cm³/mol. The number of aliphatic hydroxyl groups excluding tert-OH is 1. The van der Waals surface area contributed by atoms with Crippen LogP contribution in [0.2, 0.25) is 5.02 Å². The van der Waals surface area contributed by atoms with Gasteiger partial charge in [-0.3, -0.25) is 9.59 Å². The lowest BCUT2D eigenvalue weighted by atomic mass is 9.95. The first-order valence-corrected chi connectivity index (χ1v) is 11.6. The van der Waals surface area contributed by atoms with Crippen LogP contribution in [-0.4, -0.2) is 49.4 Å². The second kappa shape index (κ2) is 10.2. The number of methoxy groups -OCH3 is 1. The number of ketones is 1. The fourth-order valence-electron chi connectivity index (χ4n) is 4.22. The molecule has 1 atom stereocenters. The maximum absolute atomic E-state index is 13.2. The molecule has 0 bridgehead atoms. The number of hydrogen-bond acceptors (Lipinski definition) is 5. The van der Waals surface area contributed by atoms with Gasteiger partial charge in [-0.15, -0.1) is 0 Å². The number of carbonyl (C=O) groups excluding carboxylic acids is 2. The first kappa shape index (κ1) is 24.4. The number of hydrogen-bond donors (Lipinski definition) is 1. The first-order valence-electron chi connectivity index (χ1n) is 11.2. The highest BCUT2D eigenvalue weighted by molar-refractivity contribution is 6.46. The van der Waals surface area contributed by atoms with Gasteiger partial charge in [0.05, 0.1) is 18.7 Å². The summed E-state index contributed by atoms with van der Waals surface area (Å²) in [6.07, 6.45) is 0.546. The fourth-order valence-corrected chi connectivity index (χ4v) is 4.34. The molecule has 1 aliphatic heterocycles. The van der Waals surface area contributed by atoms with Gasteiger partial charge in [0.15, 0.2) is 0 Å². The van der Waals surface area contributed by atoms with E-state index in [4.69, 9.17) is 16.3 Å². The van der Waals surface area contributed by atoms with E-state index in [-0.39, 0.29) is 11.3 Å². The van der Waals surface area contributed by atoms with E-state index in [1.807, 2.05) is 67.5 Å². The van der Waals surface area contributed by atoms with Crippen LogP contribution < -0.4 is 9.64 Å². The van der Waals surface area contributed by atoms with Crippen molar-refractivity contribution in [2.45, 2.75) is 12.5 Å². The van der Waals surface area contributed by atoms with Crippen molar-refractivity contribution in [2.75, 3.05) is 32.6 Å². The third-order valence-electron chi connectivity index (χ3n) is 6.18. The van der Waals surface area contributed by atoms with Gasteiger partial charge in [0.1, 0.15) is 11.5 Å². The lowest BCUT2D eigenvalue weighted by molar-refractivity contribution is -0.139. The molecule has 0 radical (unpaired) electrons. The van der Waals surface area contributed by atoms with Crippen LogP contribution in [0.4, 0.5) is 5.69 Å². The zero-order valence-corrected chi connectivity index (χ0v) is 20.6. The molecule has 0 aromatic heterocycles. The molecule has 1 fully saturated rings. The van der Waals surface area contributed by atoms with Crippen molar-refractivity contribution in [3.63, 3.8) is 0 Å². The smallest absolute Gasteiger partial charge is 0.295 e. The Morgan fingerprint density at radius 2 is 1.60 bits per heavy atom. The van der Waals surface area contributed by atoms with Crippen molar-refractivity contribution >= 4 is 34.7 Å². The monoisotopic (exact) mass is 490 g/mol. The summed E-state index contributed by atoms with van der Waals surface area (Å²) in [5.74, 6) is -0.795. The summed E-state index contributed by atoms with van der Waals surface area (Å²) in [4.78, 5) is 29.9. The Hall–Kier alpha value is -3.77. The van der Waals surface area contributed by atoms with E-state index in [9.17, 15) is 14.7 Å². The van der Waals surface area contributed by atoms with Crippen LogP contribution in [0.15, 0.2) is 78.4 Å². The Morgan fingerprint density at radius 3 is 2.17 bits per heavy atom. The Labute approximate surface area is 210 Å². The number of likely N-dealkylation sites (tertiary alicyclic amines) is 1. The molecule has 1 N–H and O–H groups in total. The minimum Gasteiger partial charge on any atom is -0.507 e. The van der Waals surface area contributed by atoms with E-state index >= 15 is 0 Å². The maximum Gasteiger partial charge on any atom is 0.295 e. The molecule has 0 aliphatic carbocycles. The number of Topliss-reactive ketones (excluding diaryl/α,β-unsaturated/α-hetero) is 1. The van der Waals surface area contributed by atoms with E-state index in [1.165, 1.54) is 0 Å². The van der Waals surface area contributed by atoms with Crippen LogP contribution in [0, 0.1) is 0 Å². The molecule has 1 amide bonds. The van der Waals surface area contributed by atoms with Crippen LogP contribution in [0.3, 0.4) is 0 Å². The number of aliphatic hydroxyl groups is 1.